The summed E-state index contributed by atoms with van der Waals surface area (Å²) >= 11 is 0. The maximum absolute atomic E-state index is 8.12. The molecule has 0 aromatic heterocycles. The minimum Gasteiger partial charge on any atom is -0.267 e. The molecule has 4 heavy (non-hydrogen) atoms. The summed E-state index contributed by atoms with van der Waals surface area (Å²) in [6.45, 7) is 0. The van der Waals surface area contributed by atoms with Gasteiger partial charge in [0.1, 0.15) is 0 Å². The van der Waals surface area contributed by atoms with E-state index < -0.39 is 0 Å². The van der Waals surface area contributed by atoms with Gasteiger partial charge in [0.25, 0.3) is 0 Å². The van der Waals surface area contributed by atoms with E-state index in [0.717, 1.165) is 0 Å². The molecule has 0 spiro atoms. The fourth-order valence-corrected chi connectivity index (χ4v) is 0. The van der Waals surface area contributed by atoms with Crippen molar-refractivity contribution in [2.24, 2.45) is 0 Å². The Kier molecular flexibility index (Phi) is 22.1. The topological polar surface area (TPSA) is 54.1 Å². The Labute approximate surface area is 45.2 Å². The van der Waals surface area contributed by atoms with Crippen molar-refractivity contribution in [3.8, 4) is 0 Å². The Bertz CT molecular complexity index is 13.5. The molecule has 0 fully saturated rings. The second-order valence-corrected chi connectivity index (χ2v) is 0.0833. The van der Waals surface area contributed by atoms with Crippen LogP contribution in [0.5, 0.6) is 0 Å². The van der Waals surface area contributed by atoms with Gasteiger partial charge in [0.05, 0.1) is 0 Å². The summed E-state index contributed by atoms with van der Waals surface area (Å²) in [6, 6.07) is 0. The van der Waals surface area contributed by atoms with E-state index in [4.69, 9.17) is 10.1 Å². The third-order valence-electron chi connectivity index (χ3n) is 0. The number of nitrogens with one attached hydrogen (secondary N) is 1. The largest absolute Gasteiger partial charge is 1.00 e. The monoisotopic (exact) mass is 70.0 g/mol. The smallest absolute Gasteiger partial charge is 0.267 e. The van der Waals surface area contributed by atoms with Crippen molar-refractivity contribution >= 4 is 0 Å². The summed E-state index contributed by atoms with van der Waals surface area (Å²) in [5.41, 5.74) is 0. The van der Waals surface area contributed by atoms with Crippen LogP contribution in [0, 0.1) is 10.1 Å². The van der Waals surface area contributed by atoms with Crippen molar-refractivity contribution in [3.05, 3.63) is 10.1 Å². The first-order valence-corrected chi connectivity index (χ1v) is 0.408. The van der Waals surface area contributed by atoms with Gasteiger partial charge in [-0.05, 0) is 0 Å². The summed E-state index contributed by atoms with van der Waals surface area (Å²) in [5.74, 6) is 0. The Morgan fingerprint density at radius 2 is 1.75 bits per heavy atom. The Morgan fingerprint density at radius 1 is 1.75 bits per heavy atom. The number of rotatable bonds is 0. The average molecular weight is 70.0 g/mol. The fourth-order valence-electron chi connectivity index (χ4n) is 0. The molecule has 0 amide bonds. The molecule has 0 bridgehead atoms. The molecule has 0 unspecified atom stereocenters. The van der Waals surface area contributed by atoms with E-state index in [1.807, 2.05) is 0 Å². The summed E-state index contributed by atoms with van der Waals surface area (Å²) in [7, 11) is 0. The molecule has 0 radical (unpaired) electrons. The maximum Gasteiger partial charge on any atom is 1.00 e. The van der Waals surface area contributed by atoms with Crippen molar-refractivity contribution in [3.63, 3.8) is 0 Å². The quantitative estimate of drug-likeness (QED) is 0.177. The Hall–Kier alpha value is 0.400. The van der Waals surface area contributed by atoms with Gasteiger partial charge in [-0.15, -0.1) is 0 Å². The van der Waals surface area contributed by atoms with Crippen molar-refractivity contribution in [2.45, 2.75) is 0 Å². The molecule has 0 saturated heterocycles. The minimum absolute atomic E-state index is 0. The van der Waals surface area contributed by atoms with E-state index in [9.17, 15) is 0 Å². The molecule has 18 valence electrons. The van der Waals surface area contributed by atoms with Gasteiger partial charge in [0.15, 0.2) is 0 Å². The van der Waals surface area contributed by atoms with Crippen LogP contribution in [0.1, 0.15) is 0 Å². The molecule has 0 heterocycles. The third-order valence-corrected chi connectivity index (χ3v) is 0. The zero-order valence-corrected chi connectivity index (χ0v) is 4.32. The van der Waals surface area contributed by atoms with Crippen LogP contribution >= 0.6 is 0 Å². The van der Waals surface area contributed by atoms with Gasteiger partial charge in [0.2, 0.25) is 0 Å². The zero-order valence-electron chi connectivity index (χ0n) is 2.32. The summed E-state index contributed by atoms with van der Waals surface area (Å²) in [4.78, 5) is 8.12. The van der Waals surface area contributed by atoms with Crippen LogP contribution in [-0.2, 0) is 0 Å². The van der Waals surface area contributed by atoms with Gasteiger partial charge < -0.3 is 0 Å². The van der Waals surface area contributed by atoms with Crippen LogP contribution in [0.25, 0.3) is 0 Å². The molecule has 0 saturated carbocycles. The molecule has 0 rings (SSSR count). The van der Waals surface area contributed by atoms with Crippen LogP contribution in [0.15, 0.2) is 0 Å². The van der Waals surface area contributed by atoms with Crippen LogP contribution in [-0.4, -0.2) is 0 Å². The van der Waals surface area contributed by atoms with Gasteiger partial charge in [-0.25, -0.2) is 0 Å². The van der Waals surface area contributed by atoms with E-state index in [-0.39, 0.29) is 34.9 Å². The normalized spacial score (nSPS) is 3.00. The van der Waals surface area contributed by atoms with E-state index in [0.29, 0.717) is 0 Å². The molecular weight excluding hydrogens is 69.0 g/mol. The van der Waals surface area contributed by atoms with E-state index in [1.54, 1.807) is 0 Å². The standard InChI is InChI=1S/HNO2.Na/c2-1-3;/h1H;/q;+1. The fraction of sp³-hybridized carbons (Fsp3) is 0. The minimum atomic E-state index is 0. The molecule has 0 aromatic carbocycles. The predicted octanol–water partition coefficient (Wildman–Crippen LogP) is -4.66. The molecule has 0 aliphatic rings. The molecule has 3 nitrogen and oxygen atoms in total. The maximum atomic E-state index is 8.12. The Morgan fingerprint density at radius 3 is 1.75 bits per heavy atom. The second kappa shape index (κ2) is 9.99. The summed E-state index contributed by atoms with van der Waals surface area (Å²) in [6.07, 6.45) is 0. The van der Waals surface area contributed by atoms with Crippen molar-refractivity contribution in [2.75, 3.05) is 0 Å². The van der Waals surface area contributed by atoms with Gasteiger partial charge in [0, 0.05) is 5.34 Å². The molecule has 4 heteroatoms. The molecule has 0 aliphatic heterocycles. The number of hydrogen-bond donors (Lipinski definition) is 1. The average Bonchev–Trinajstić information content (AvgIpc) is 0.918. The molecule has 0 atom stereocenters. The van der Waals surface area contributed by atoms with Crippen LogP contribution in [0.3, 0.4) is 0 Å². The van der Waals surface area contributed by atoms with Crippen molar-refractivity contribution in [1.82, 2.24) is 0 Å². The Balaban J connectivity index is 0. The second-order valence-electron chi connectivity index (χ2n) is 0.0833. The molecule has 0 aliphatic carbocycles. The van der Waals surface area contributed by atoms with Gasteiger partial charge >= 0.3 is 29.6 Å². The first-order valence-electron chi connectivity index (χ1n) is 0.408. The van der Waals surface area contributed by atoms with Gasteiger partial charge in [-0.1, -0.05) is 0 Å². The first kappa shape index (κ1) is 8.83. The van der Waals surface area contributed by atoms with E-state index in [1.165, 1.54) is 0 Å². The zero-order chi connectivity index (χ0) is 2.71. The third kappa shape index (κ3) is 29.4. The van der Waals surface area contributed by atoms with Gasteiger partial charge in [-0.3, -0.25) is 10.1 Å². The predicted molar refractivity (Wildman–Crippen MR) is 7.70 cm³/mol. The van der Waals surface area contributed by atoms with Crippen LogP contribution in [0.2, 0.25) is 0 Å². The number of hydrogen-bond acceptors (Lipinski definition) is 2. The van der Waals surface area contributed by atoms with Gasteiger partial charge in [-0.2, -0.15) is 0 Å². The van der Waals surface area contributed by atoms with E-state index >= 15 is 0 Å². The molecule has 1 N–H and O–H groups in total. The van der Waals surface area contributed by atoms with Crippen LogP contribution in [0.4, 0.5) is 0 Å². The molecule has 0 aromatic rings. The summed E-state index contributed by atoms with van der Waals surface area (Å²) < 4.78 is 0. The molecular formula is HNNaO2+. The summed E-state index contributed by atoms with van der Waals surface area (Å²) in [5, 5.41) is 8.38. The first-order chi connectivity index (χ1) is 1.41. The van der Waals surface area contributed by atoms with Crippen molar-refractivity contribution in [1.29, 1.82) is 0 Å². The van der Waals surface area contributed by atoms with Crippen molar-refractivity contribution < 1.29 is 34.9 Å². The SMILES string of the molecule is O=[NH+][O-].[Na+]. The van der Waals surface area contributed by atoms with E-state index in [2.05, 4.69) is 0 Å². The van der Waals surface area contributed by atoms with Crippen LogP contribution < -0.4 is 34.9 Å².